The maximum atomic E-state index is 9.50. The molecule has 4 heteroatoms. The minimum atomic E-state index is -0.155. The first kappa shape index (κ1) is 11.8. The van der Waals surface area contributed by atoms with E-state index < -0.39 is 0 Å². The Kier molecular flexibility index (Phi) is 3.41. The first-order valence-electron chi connectivity index (χ1n) is 6.21. The van der Waals surface area contributed by atoms with Gasteiger partial charge in [-0.05, 0) is 6.42 Å². The van der Waals surface area contributed by atoms with Crippen molar-refractivity contribution in [1.82, 2.24) is 9.88 Å². The summed E-state index contributed by atoms with van der Waals surface area (Å²) in [6.45, 7) is 2.60. The molecule has 1 saturated heterocycles. The van der Waals surface area contributed by atoms with Gasteiger partial charge in [0.2, 0.25) is 0 Å². The smallest absolute Gasteiger partial charge is 0.123 e. The van der Waals surface area contributed by atoms with Crippen molar-refractivity contribution in [3.8, 4) is 10.6 Å². The van der Waals surface area contributed by atoms with E-state index in [1.54, 1.807) is 11.3 Å². The average Bonchev–Trinajstić information content (AvgIpc) is 3.01. The fourth-order valence-electron chi connectivity index (χ4n) is 2.28. The van der Waals surface area contributed by atoms with Gasteiger partial charge in [0.05, 0.1) is 11.8 Å². The zero-order chi connectivity index (χ0) is 12.4. The first-order chi connectivity index (χ1) is 8.81. The highest BCUT2D eigenvalue weighted by Gasteiger charge is 2.20. The molecule has 1 aliphatic heterocycles. The third-order valence-corrected chi connectivity index (χ3v) is 4.15. The van der Waals surface area contributed by atoms with Crippen LogP contribution < -0.4 is 0 Å². The molecule has 3 rings (SSSR count). The van der Waals surface area contributed by atoms with Gasteiger partial charge in [-0.25, -0.2) is 4.98 Å². The van der Waals surface area contributed by atoms with Crippen molar-refractivity contribution < 1.29 is 5.11 Å². The molecule has 1 aliphatic rings. The number of benzene rings is 1. The Labute approximate surface area is 111 Å². The Morgan fingerprint density at radius 2 is 2.17 bits per heavy atom. The van der Waals surface area contributed by atoms with E-state index in [0.29, 0.717) is 0 Å². The minimum absolute atomic E-state index is 0.155. The van der Waals surface area contributed by atoms with Crippen molar-refractivity contribution in [2.24, 2.45) is 0 Å². The number of hydrogen-bond acceptors (Lipinski definition) is 4. The van der Waals surface area contributed by atoms with Crippen LogP contribution in [0.3, 0.4) is 0 Å². The molecule has 0 unspecified atom stereocenters. The van der Waals surface area contributed by atoms with Crippen LogP contribution in [0.5, 0.6) is 0 Å². The number of aromatic nitrogens is 1. The Balaban J connectivity index is 1.70. The van der Waals surface area contributed by atoms with E-state index >= 15 is 0 Å². The number of rotatable bonds is 3. The maximum absolute atomic E-state index is 9.50. The van der Waals surface area contributed by atoms with Crippen LogP contribution in [0.1, 0.15) is 12.1 Å². The second-order valence-electron chi connectivity index (χ2n) is 4.69. The predicted molar refractivity (Wildman–Crippen MR) is 73.5 cm³/mol. The van der Waals surface area contributed by atoms with Gasteiger partial charge >= 0.3 is 0 Å². The fraction of sp³-hybridized carbons (Fsp3) is 0.357. The van der Waals surface area contributed by atoms with Crippen molar-refractivity contribution >= 4 is 11.3 Å². The molecule has 94 valence electrons. The zero-order valence-corrected chi connectivity index (χ0v) is 10.9. The number of nitrogens with zero attached hydrogens (tertiary/aromatic N) is 2. The van der Waals surface area contributed by atoms with Crippen LogP contribution in [0.25, 0.3) is 10.6 Å². The number of likely N-dealkylation sites (tertiary alicyclic amines) is 1. The van der Waals surface area contributed by atoms with Crippen LogP contribution in [0.2, 0.25) is 0 Å². The molecule has 1 atom stereocenters. The molecule has 3 nitrogen and oxygen atoms in total. The van der Waals surface area contributed by atoms with Crippen molar-refractivity contribution in [2.75, 3.05) is 13.1 Å². The summed E-state index contributed by atoms with van der Waals surface area (Å²) in [6, 6.07) is 10.3. The summed E-state index contributed by atoms with van der Waals surface area (Å²) in [7, 11) is 0. The summed E-state index contributed by atoms with van der Waals surface area (Å²) >= 11 is 1.69. The van der Waals surface area contributed by atoms with E-state index in [0.717, 1.165) is 36.8 Å². The van der Waals surface area contributed by atoms with Crippen LogP contribution in [0.15, 0.2) is 35.7 Å². The summed E-state index contributed by atoms with van der Waals surface area (Å²) in [5.74, 6) is 0. The van der Waals surface area contributed by atoms with Gasteiger partial charge in [-0.15, -0.1) is 11.3 Å². The number of aliphatic hydroxyl groups excluding tert-OH is 1. The Bertz CT molecular complexity index is 512. The topological polar surface area (TPSA) is 36.4 Å². The van der Waals surface area contributed by atoms with Gasteiger partial charge in [-0.3, -0.25) is 4.90 Å². The van der Waals surface area contributed by atoms with E-state index in [2.05, 4.69) is 27.4 Å². The van der Waals surface area contributed by atoms with Crippen molar-refractivity contribution in [2.45, 2.75) is 19.1 Å². The zero-order valence-electron chi connectivity index (χ0n) is 10.1. The lowest BCUT2D eigenvalue weighted by Gasteiger charge is -2.12. The molecule has 0 spiro atoms. The highest BCUT2D eigenvalue weighted by Crippen LogP contribution is 2.24. The Morgan fingerprint density at radius 3 is 2.89 bits per heavy atom. The number of β-amino-alcohol motifs (C(OH)–C–C–N with tert-alkyl or cyclic N) is 1. The molecule has 0 saturated carbocycles. The molecular formula is C14H16N2OS. The van der Waals surface area contributed by atoms with Crippen molar-refractivity contribution in [3.05, 3.63) is 41.4 Å². The van der Waals surface area contributed by atoms with Gasteiger partial charge in [-0.2, -0.15) is 0 Å². The van der Waals surface area contributed by atoms with Crippen LogP contribution in [0.4, 0.5) is 0 Å². The molecule has 18 heavy (non-hydrogen) atoms. The van der Waals surface area contributed by atoms with Crippen molar-refractivity contribution in [3.63, 3.8) is 0 Å². The summed E-state index contributed by atoms with van der Waals surface area (Å²) in [5.41, 5.74) is 2.28. The Morgan fingerprint density at radius 1 is 1.33 bits per heavy atom. The molecular weight excluding hydrogens is 244 g/mol. The van der Waals surface area contributed by atoms with E-state index in [4.69, 9.17) is 0 Å². The van der Waals surface area contributed by atoms with Crippen LogP contribution >= 0.6 is 11.3 Å². The summed E-state index contributed by atoms with van der Waals surface area (Å²) < 4.78 is 0. The highest BCUT2D eigenvalue weighted by molar-refractivity contribution is 7.13. The normalized spacial score (nSPS) is 20.4. The quantitative estimate of drug-likeness (QED) is 0.920. The lowest BCUT2D eigenvalue weighted by Crippen LogP contribution is -2.21. The summed E-state index contributed by atoms with van der Waals surface area (Å²) in [6.07, 6.45) is 0.729. The largest absolute Gasteiger partial charge is 0.392 e. The molecule has 0 bridgehead atoms. The fourth-order valence-corrected chi connectivity index (χ4v) is 3.09. The first-order valence-corrected chi connectivity index (χ1v) is 7.09. The number of aliphatic hydroxyl groups is 1. The molecule has 1 fully saturated rings. The molecule has 1 N–H and O–H groups in total. The number of thiazole rings is 1. The second kappa shape index (κ2) is 5.18. The molecule has 0 radical (unpaired) electrons. The van der Waals surface area contributed by atoms with E-state index in [1.165, 1.54) is 5.56 Å². The third kappa shape index (κ3) is 2.61. The van der Waals surface area contributed by atoms with Gasteiger partial charge in [0.15, 0.2) is 0 Å². The minimum Gasteiger partial charge on any atom is -0.392 e. The Hall–Kier alpha value is -1.23. The van der Waals surface area contributed by atoms with Gasteiger partial charge in [-0.1, -0.05) is 30.3 Å². The van der Waals surface area contributed by atoms with Gasteiger partial charge < -0.3 is 5.11 Å². The lowest BCUT2D eigenvalue weighted by molar-refractivity contribution is 0.174. The molecule has 2 aromatic rings. The van der Waals surface area contributed by atoms with Crippen LogP contribution in [-0.4, -0.2) is 34.2 Å². The molecule has 1 aromatic heterocycles. The van der Waals surface area contributed by atoms with Gasteiger partial charge in [0, 0.05) is 30.6 Å². The third-order valence-electron chi connectivity index (χ3n) is 3.21. The van der Waals surface area contributed by atoms with E-state index in [1.807, 2.05) is 18.2 Å². The molecule has 0 amide bonds. The van der Waals surface area contributed by atoms with Gasteiger partial charge in [0.1, 0.15) is 5.01 Å². The van der Waals surface area contributed by atoms with Crippen LogP contribution in [-0.2, 0) is 6.54 Å². The molecule has 2 heterocycles. The van der Waals surface area contributed by atoms with E-state index in [-0.39, 0.29) is 6.10 Å². The standard InChI is InChI=1S/C14H16N2OS/c17-13-6-7-16(9-13)8-12-10-18-14(15-12)11-4-2-1-3-5-11/h1-5,10,13,17H,6-9H2/t13-/m1/s1. The number of hydrogen-bond donors (Lipinski definition) is 1. The highest BCUT2D eigenvalue weighted by atomic mass is 32.1. The summed E-state index contributed by atoms with van der Waals surface area (Å²) in [5, 5.41) is 12.7. The lowest BCUT2D eigenvalue weighted by atomic mass is 10.2. The second-order valence-corrected chi connectivity index (χ2v) is 5.55. The maximum Gasteiger partial charge on any atom is 0.123 e. The molecule has 1 aromatic carbocycles. The van der Waals surface area contributed by atoms with Crippen LogP contribution in [0, 0.1) is 0 Å². The molecule has 0 aliphatic carbocycles. The SMILES string of the molecule is O[C@@H]1CCN(Cc2csc(-c3ccccc3)n2)C1. The van der Waals surface area contributed by atoms with E-state index in [9.17, 15) is 5.11 Å². The predicted octanol–water partition coefficient (Wildman–Crippen LogP) is 2.38. The summed E-state index contributed by atoms with van der Waals surface area (Å²) in [4.78, 5) is 6.92. The average molecular weight is 260 g/mol. The van der Waals surface area contributed by atoms with Gasteiger partial charge in [0.25, 0.3) is 0 Å². The van der Waals surface area contributed by atoms with Crippen molar-refractivity contribution in [1.29, 1.82) is 0 Å². The monoisotopic (exact) mass is 260 g/mol.